The molecule has 5 nitrogen and oxygen atoms in total. The first-order chi connectivity index (χ1) is 12.7. The number of halogens is 4. The number of alkyl halides is 3. The van der Waals surface area contributed by atoms with Gasteiger partial charge in [-0.15, -0.1) is 0 Å². The molecular formula is C18H17F4N3O2. The predicted octanol–water partition coefficient (Wildman–Crippen LogP) is 2.07. The summed E-state index contributed by atoms with van der Waals surface area (Å²) >= 11 is 0. The van der Waals surface area contributed by atoms with Crippen LogP contribution in [0.5, 0.6) is 0 Å². The van der Waals surface area contributed by atoms with Crippen molar-refractivity contribution in [3.05, 3.63) is 53.5 Å². The molecule has 27 heavy (non-hydrogen) atoms. The fourth-order valence-electron chi connectivity index (χ4n) is 2.82. The highest BCUT2D eigenvalue weighted by atomic mass is 19.4. The van der Waals surface area contributed by atoms with Gasteiger partial charge in [0.15, 0.2) is 0 Å². The Morgan fingerprint density at radius 2 is 1.89 bits per heavy atom. The largest absolute Gasteiger partial charge is 0.424 e. The molecule has 0 bridgehead atoms. The van der Waals surface area contributed by atoms with Crippen molar-refractivity contribution in [2.45, 2.75) is 17.7 Å². The zero-order chi connectivity index (χ0) is 19.7. The van der Waals surface area contributed by atoms with Crippen LogP contribution in [0.1, 0.15) is 17.2 Å². The van der Waals surface area contributed by atoms with Crippen LogP contribution in [0, 0.1) is 5.82 Å². The summed E-state index contributed by atoms with van der Waals surface area (Å²) in [5, 5.41) is 15.3. The van der Waals surface area contributed by atoms with Crippen molar-refractivity contribution in [3.63, 3.8) is 0 Å². The fraction of sp³-hybridized carbons (Fsp3) is 0.333. The highest BCUT2D eigenvalue weighted by Crippen LogP contribution is 2.39. The summed E-state index contributed by atoms with van der Waals surface area (Å²) in [5.41, 5.74) is -2.79. The van der Waals surface area contributed by atoms with E-state index in [9.17, 15) is 27.5 Å². The number of rotatable bonds is 6. The molecule has 1 fully saturated rings. The monoisotopic (exact) mass is 383 g/mol. The first-order valence-electron chi connectivity index (χ1n) is 8.20. The summed E-state index contributed by atoms with van der Waals surface area (Å²) in [5.74, 6) is -0.511. The Kier molecular flexibility index (Phi) is 5.16. The van der Waals surface area contributed by atoms with Crippen LogP contribution in [-0.4, -0.2) is 42.3 Å². The number of pyridine rings is 1. The van der Waals surface area contributed by atoms with Crippen LogP contribution in [-0.2, 0) is 10.4 Å². The van der Waals surface area contributed by atoms with Crippen molar-refractivity contribution in [1.29, 1.82) is 0 Å². The highest BCUT2D eigenvalue weighted by Gasteiger charge is 2.56. The maximum absolute atomic E-state index is 13.6. The summed E-state index contributed by atoms with van der Waals surface area (Å²) < 4.78 is 54.0. The van der Waals surface area contributed by atoms with Crippen molar-refractivity contribution in [2.75, 3.05) is 19.6 Å². The fourth-order valence-corrected chi connectivity index (χ4v) is 2.82. The summed E-state index contributed by atoms with van der Waals surface area (Å²) in [6, 6.07) is 8.00. The number of nitrogens with zero attached hydrogens (tertiary/aromatic N) is 1. The Hall–Kier alpha value is -2.52. The molecular weight excluding hydrogens is 366 g/mol. The zero-order valence-corrected chi connectivity index (χ0v) is 14.1. The van der Waals surface area contributed by atoms with E-state index in [0.29, 0.717) is 24.2 Å². The van der Waals surface area contributed by atoms with Gasteiger partial charge in [0, 0.05) is 24.6 Å². The van der Waals surface area contributed by atoms with Gasteiger partial charge in [0.25, 0.3) is 0 Å². The molecule has 0 saturated carbocycles. The number of aromatic nitrogens is 1. The van der Waals surface area contributed by atoms with E-state index in [-0.39, 0.29) is 18.0 Å². The molecule has 1 aromatic heterocycles. The summed E-state index contributed by atoms with van der Waals surface area (Å²) in [6.07, 6.45) is -4.98. The van der Waals surface area contributed by atoms with E-state index >= 15 is 0 Å². The second kappa shape index (κ2) is 7.24. The molecule has 144 valence electrons. The lowest BCUT2D eigenvalue weighted by molar-refractivity contribution is -0.265. The van der Waals surface area contributed by atoms with Crippen LogP contribution in [0.2, 0.25) is 0 Å². The Morgan fingerprint density at radius 3 is 2.41 bits per heavy atom. The molecule has 1 aliphatic rings. The van der Waals surface area contributed by atoms with Crippen LogP contribution >= 0.6 is 0 Å². The van der Waals surface area contributed by atoms with E-state index in [1.807, 2.05) is 5.32 Å². The lowest BCUT2D eigenvalue weighted by Gasteiger charge is -2.32. The maximum atomic E-state index is 13.6. The van der Waals surface area contributed by atoms with Gasteiger partial charge >= 0.3 is 6.18 Å². The minimum Gasteiger partial charge on any atom is -0.374 e. The molecule has 3 rings (SSSR count). The normalized spacial score (nSPS) is 17.1. The molecule has 0 spiro atoms. The number of hydrogen-bond donors (Lipinski definition) is 3. The molecule has 2 heterocycles. The molecule has 1 amide bonds. The lowest BCUT2D eigenvalue weighted by Crippen LogP contribution is -2.50. The third-order valence-electron chi connectivity index (χ3n) is 4.57. The van der Waals surface area contributed by atoms with E-state index in [4.69, 9.17) is 0 Å². The Bertz CT molecular complexity index is 822. The number of nitrogens with one attached hydrogen (secondary N) is 2. The molecule has 0 aliphatic carbocycles. The molecule has 0 radical (unpaired) electrons. The van der Waals surface area contributed by atoms with Crippen molar-refractivity contribution in [3.8, 4) is 11.3 Å². The van der Waals surface area contributed by atoms with Crippen LogP contribution in [0.25, 0.3) is 11.3 Å². The molecule has 1 aromatic carbocycles. The van der Waals surface area contributed by atoms with Crippen molar-refractivity contribution in [1.82, 2.24) is 15.6 Å². The van der Waals surface area contributed by atoms with Crippen LogP contribution in [0.3, 0.4) is 0 Å². The first kappa shape index (κ1) is 19.2. The number of carbonyl (C=O) groups is 1. The van der Waals surface area contributed by atoms with Crippen LogP contribution < -0.4 is 10.6 Å². The van der Waals surface area contributed by atoms with E-state index in [1.54, 1.807) is 6.07 Å². The maximum Gasteiger partial charge on any atom is 0.424 e. The van der Waals surface area contributed by atoms with Gasteiger partial charge in [-0.1, -0.05) is 0 Å². The SMILES string of the molecule is O=CNCC(O)(c1cc(C2CNC2)cc(-c2ccc(F)cc2)n1)C(F)(F)F. The zero-order valence-electron chi connectivity index (χ0n) is 14.1. The van der Waals surface area contributed by atoms with Crippen LogP contribution in [0.4, 0.5) is 17.6 Å². The minimum atomic E-state index is -5.06. The first-order valence-corrected chi connectivity index (χ1v) is 8.20. The predicted molar refractivity (Wildman–Crippen MR) is 89.3 cm³/mol. The minimum absolute atomic E-state index is 0.0255. The summed E-state index contributed by atoms with van der Waals surface area (Å²) in [6.45, 7) is 0.106. The molecule has 3 N–H and O–H groups in total. The smallest absolute Gasteiger partial charge is 0.374 e. The van der Waals surface area contributed by atoms with Gasteiger partial charge in [0.05, 0.1) is 17.9 Å². The van der Waals surface area contributed by atoms with Crippen molar-refractivity contribution < 1.29 is 27.5 Å². The van der Waals surface area contributed by atoms with E-state index < -0.39 is 29.8 Å². The van der Waals surface area contributed by atoms with Gasteiger partial charge in [-0.25, -0.2) is 9.37 Å². The van der Waals surface area contributed by atoms with Gasteiger partial charge in [0.2, 0.25) is 12.0 Å². The standard InChI is InChI=1S/C18H17F4N3O2/c19-14-3-1-11(2-4-14)15-5-12(13-7-23-8-13)6-16(25-15)17(27,9-24-10-26)18(20,21)22/h1-6,10,13,23,27H,7-9H2,(H,24,26). The van der Waals surface area contributed by atoms with Crippen molar-refractivity contribution >= 4 is 6.41 Å². The number of aliphatic hydroxyl groups is 1. The Balaban J connectivity index is 2.13. The molecule has 9 heteroatoms. The molecule has 1 atom stereocenters. The van der Waals surface area contributed by atoms with Gasteiger partial charge in [0.1, 0.15) is 5.82 Å². The third kappa shape index (κ3) is 3.79. The Morgan fingerprint density at radius 1 is 1.22 bits per heavy atom. The Labute approximate surface area is 152 Å². The summed E-state index contributed by atoms with van der Waals surface area (Å²) in [4.78, 5) is 14.5. The second-order valence-electron chi connectivity index (χ2n) is 6.39. The van der Waals surface area contributed by atoms with Crippen molar-refractivity contribution in [2.24, 2.45) is 0 Å². The summed E-state index contributed by atoms with van der Waals surface area (Å²) in [7, 11) is 0. The molecule has 1 saturated heterocycles. The molecule has 1 aliphatic heterocycles. The number of amides is 1. The quantitative estimate of drug-likeness (QED) is 0.528. The lowest BCUT2D eigenvalue weighted by atomic mass is 9.89. The second-order valence-corrected chi connectivity index (χ2v) is 6.39. The molecule has 1 unspecified atom stereocenters. The van der Waals surface area contributed by atoms with Gasteiger partial charge in [-0.2, -0.15) is 13.2 Å². The number of benzene rings is 1. The van der Waals surface area contributed by atoms with E-state index in [1.165, 1.54) is 30.3 Å². The van der Waals surface area contributed by atoms with E-state index in [0.717, 1.165) is 0 Å². The topological polar surface area (TPSA) is 74.2 Å². The highest BCUT2D eigenvalue weighted by molar-refractivity contribution is 5.61. The average molecular weight is 383 g/mol. The average Bonchev–Trinajstić information content (AvgIpc) is 2.57. The van der Waals surface area contributed by atoms with Gasteiger partial charge in [-0.05, 0) is 42.0 Å². The number of hydrogen-bond acceptors (Lipinski definition) is 4. The third-order valence-corrected chi connectivity index (χ3v) is 4.57. The van der Waals surface area contributed by atoms with Gasteiger partial charge < -0.3 is 15.7 Å². The van der Waals surface area contributed by atoms with E-state index in [2.05, 4.69) is 10.3 Å². The number of carbonyl (C=O) groups excluding carboxylic acids is 1. The van der Waals surface area contributed by atoms with Crippen LogP contribution in [0.15, 0.2) is 36.4 Å². The molecule has 2 aromatic rings. The van der Waals surface area contributed by atoms with Gasteiger partial charge in [-0.3, -0.25) is 4.79 Å².